The van der Waals surface area contributed by atoms with Gasteiger partial charge in [-0.15, -0.1) is 0 Å². The van der Waals surface area contributed by atoms with Crippen molar-refractivity contribution in [1.82, 2.24) is 4.90 Å². The highest BCUT2D eigenvalue weighted by molar-refractivity contribution is 6.74. The van der Waals surface area contributed by atoms with Crippen molar-refractivity contribution in [2.75, 3.05) is 19.6 Å². The lowest BCUT2D eigenvalue weighted by molar-refractivity contribution is -0.146. The van der Waals surface area contributed by atoms with Gasteiger partial charge in [-0.2, -0.15) is 0 Å². The van der Waals surface area contributed by atoms with Crippen molar-refractivity contribution in [2.24, 2.45) is 0 Å². The maximum absolute atomic E-state index is 10.9. The zero-order chi connectivity index (χ0) is 25.5. The Bertz CT molecular complexity index is 534. The van der Waals surface area contributed by atoms with Gasteiger partial charge in [-0.25, -0.2) is 4.79 Å². The molecule has 0 aromatic rings. The second-order valence-corrected chi connectivity index (χ2v) is 22.0. The van der Waals surface area contributed by atoms with Gasteiger partial charge in [0.05, 0.1) is 12.2 Å². The van der Waals surface area contributed by atoms with E-state index in [4.69, 9.17) is 14.0 Å². The van der Waals surface area contributed by atoms with Crippen molar-refractivity contribution >= 4 is 22.6 Å². The van der Waals surface area contributed by atoms with E-state index in [1.165, 1.54) is 0 Å². The first kappa shape index (κ1) is 31.7. The molecule has 0 aromatic carbocycles. The molecule has 0 saturated heterocycles. The largest absolute Gasteiger partial charge is 0.479 e. The van der Waals surface area contributed by atoms with Gasteiger partial charge < -0.3 is 19.1 Å². The monoisotopic (exact) mass is 491 g/mol. The highest BCUT2D eigenvalue weighted by atomic mass is 28.4. The van der Waals surface area contributed by atoms with Crippen LogP contribution in [-0.2, 0) is 13.6 Å². The minimum Gasteiger partial charge on any atom is -0.479 e. The Morgan fingerprint density at radius 2 is 1.22 bits per heavy atom. The number of hydrogen-bond donors (Lipinski definition) is 2. The molecule has 0 aromatic heterocycles. The third kappa shape index (κ3) is 11.2. The van der Waals surface area contributed by atoms with Crippen LogP contribution in [0.2, 0.25) is 36.3 Å². The van der Waals surface area contributed by atoms with Crippen molar-refractivity contribution in [2.45, 2.75) is 129 Å². The Morgan fingerprint density at radius 1 is 0.844 bits per heavy atom. The van der Waals surface area contributed by atoms with Crippen molar-refractivity contribution < 1.29 is 23.9 Å². The molecule has 0 spiro atoms. The summed E-state index contributed by atoms with van der Waals surface area (Å²) in [7, 11) is -3.71. The number of aliphatic hydroxyl groups is 1. The molecule has 0 aliphatic carbocycles. The number of nitrogens with zero attached hydrogens (tertiary/aromatic N) is 1. The Balaban J connectivity index is 5.12. The molecule has 32 heavy (non-hydrogen) atoms. The molecule has 0 rings (SSSR count). The lowest BCUT2D eigenvalue weighted by Crippen LogP contribution is -2.49. The quantitative estimate of drug-likeness (QED) is 0.239. The Labute approximate surface area is 200 Å². The molecular formula is C24H53NO5Si2. The van der Waals surface area contributed by atoms with Crippen molar-refractivity contribution in [1.29, 1.82) is 0 Å². The average Bonchev–Trinajstić information content (AvgIpc) is 2.54. The van der Waals surface area contributed by atoms with Gasteiger partial charge in [0.25, 0.3) is 0 Å². The third-order valence-electron chi connectivity index (χ3n) is 7.12. The molecule has 0 heterocycles. The Hall–Kier alpha value is -0.256. The van der Waals surface area contributed by atoms with E-state index in [9.17, 15) is 9.90 Å². The minimum atomic E-state index is -1.85. The number of rotatable bonds is 14. The molecule has 192 valence electrons. The van der Waals surface area contributed by atoms with Crippen LogP contribution in [0, 0.1) is 0 Å². The normalized spacial score (nSPS) is 16.8. The van der Waals surface area contributed by atoms with Gasteiger partial charge in [0.2, 0.25) is 0 Å². The van der Waals surface area contributed by atoms with Crippen LogP contribution in [0.1, 0.15) is 74.7 Å². The molecule has 3 atom stereocenters. The number of hydrogen-bond acceptors (Lipinski definition) is 5. The molecule has 0 saturated carbocycles. The van der Waals surface area contributed by atoms with Crippen molar-refractivity contribution in [3.63, 3.8) is 0 Å². The first-order valence-corrected chi connectivity index (χ1v) is 18.0. The van der Waals surface area contributed by atoms with Crippen LogP contribution in [0.5, 0.6) is 0 Å². The van der Waals surface area contributed by atoms with Gasteiger partial charge in [-0.05, 0) is 75.9 Å². The van der Waals surface area contributed by atoms with Crippen LogP contribution in [0.15, 0.2) is 0 Å². The summed E-state index contributed by atoms with van der Waals surface area (Å²) in [6.07, 6.45) is 0.754. The Kier molecular flexibility index (Phi) is 12.3. The van der Waals surface area contributed by atoms with Gasteiger partial charge in [-0.1, -0.05) is 41.5 Å². The second kappa shape index (κ2) is 12.4. The average molecular weight is 492 g/mol. The van der Waals surface area contributed by atoms with Crippen molar-refractivity contribution in [3.8, 4) is 0 Å². The maximum Gasteiger partial charge on any atom is 0.332 e. The predicted molar refractivity (Wildman–Crippen MR) is 139 cm³/mol. The van der Waals surface area contributed by atoms with Crippen molar-refractivity contribution in [3.05, 3.63) is 0 Å². The van der Waals surface area contributed by atoms with E-state index < -0.39 is 28.7 Å². The van der Waals surface area contributed by atoms with Gasteiger partial charge in [0, 0.05) is 13.1 Å². The molecule has 0 amide bonds. The number of carbonyl (C=O) groups is 1. The highest BCUT2D eigenvalue weighted by Crippen LogP contribution is 2.38. The summed E-state index contributed by atoms with van der Waals surface area (Å²) in [5.74, 6) is -1.14. The van der Waals surface area contributed by atoms with E-state index in [-0.39, 0.29) is 28.7 Å². The summed E-state index contributed by atoms with van der Waals surface area (Å²) in [4.78, 5) is 13.3. The molecule has 0 radical (unpaired) electrons. The first-order valence-electron chi connectivity index (χ1n) is 12.2. The summed E-state index contributed by atoms with van der Waals surface area (Å²) in [6.45, 7) is 29.4. The topological polar surface area (TPSA) is 79.2 Å². The zero-order valence-corrected chi connectivity index (χ0v) is 25.0. The third-order valence-corrected chi connectivity index (χ3v) is 16.3. The predicted octanol–water partition coefficient (Wildman–Crippen LogP) is 5.72. The van der Waals surface area contributed by atoms with Gasteiger partial charge in [0.15, 0.2) is 22.7 Å². The first-order chi connectivity index (χ1) is 14.2. The number of unbranched alkanes of at least 4 members (excludes halogenated alkanes) is 1. The summed E-state index contributed by atoms with van der Waals surface area (Å²) < 4.78 is 13.2. The zero-order valence-electron chi connectivity index (χ0n) is 23.0. The summed E-state index contributed by atoms with van der Waals surface area (Å²) in [5, 5.41) is 18.8. The molecular weight excluding hydrogens is 438 g/mol. The van der Waals surface area contributed by atoms with E-state index in [1.54, 1.807) is 0 Å². The molecule has 0 bridgehead atoms. The molecule has 0 aliphatic heterocycles. The van der Waals surface area contributed by atoms with Crippen LogP contribution in [0.4, 0.5) is 0 Å². The minimum absolute atomic E-state index is 0.112. The van der Waals surface area contributed by atoms with E-state index in [0.717, 1.165) is 26.1 Å². The highest BCUT2D eigenvalue weighted by Gasteiger charge is 2.40. The maximum atomic E-state index is 10.9. The fourth-order valence-corrected chi connectivity index (χ4v) is 6.08. The fraction of sp³-hybridized carbons (Fsp3) is 0.958. The van der Waals surface area contributed by atoms with Gasteiger partial charge in [-0.3, -0.25) is 4.90 Å². The molecule has 8 heteroatoms. The molecule has 6 nitrogen and oxygen atoms in total. The summed E-state index contributed by atoms with van der Waals surface area (Å²) in [6, 6.07) is 0. The molecule has 2 N–H and O–H groups in total. The number of carboxylic acid groups (broad SMARTS) is 1. The van der Waals surface area contributed by atoms with Crippen LogP contribution in [0.3, 0.4) is 0 Å². The number of aliphatic carboxylic acids is 1. The summed E-state index contributed by atoms with van der Waals surface area (Å²) in [5.41, 5.74) is 0. The standard InChI is InChI=1S/C24H53NO5Si2/c1-19(29-31(9,10)23(3,4)5)17-25(16-14-13-15-21(26)22(27)28)18-20(2)30-32(11,12)24(6,7)8/h19-21,26H,13-18H2,1-12H3,(H,27,28). The second-order valence-electron chi connectivity index (χ2n) is 12.5. The molecule has 3 unspecified atom stereocenters. The van der Waals surface area contributed by atoms with E-state index in [0.29, 0.717) is 6.42 Å². The van der Waals surface area contributed by atoms with Crippen LogP contribution < -0.4 is 0 Å². The van der Waals surface area contributed by atoms with Crippen LogP contribution in [0.25, 0.3) is 0 Å². The molecule has 0 aliphatic rings. The fourth-order valence-electron chi connectivity index (χ4n) is 3.21. The van der Waals surface area contributed by atoms with E-state index >= 15 is 0 Å². The Morgan fingerprint density at radius 3 is 1.53 bits per heavy atom. The summed E-state index contributed by atoms with van der Waals surface area (Å²) >= 11 is 0. The SMILES string of the molecule is CC(CN(CCCCC(O)C(=O)O)CC(C)O[Si](C)(C)C(C)(C)C)O[Si](C)(C)C(C)(C)C. The lowest BCUT2D eigenvalue weighted by atomic mass is 10.1. The van der Waals surface area contributed by atoms with E-state index in [1.807, 2.05) is 0 Å². The van der Waals surface area contributed by atoms with Gasteiger partial charge >= 0.3 is 5.97 Å². The number of aliphatic hydroxyl groups excluding tert-OH is 1. The smallest absolute Gasteiger partial charge is 0.332 e. The van der Waals surface area contributed by atoms with Crippen LogP contribution in [-0.4, -0.2) is 75.7 Å². The van der Waals surface area contributed by atoms with E-state index in [2.05, 4.69) is 86.5 Å². The lowest BCUT2D eigenvalue weighted by Gasteiger charge is -2.41. The van der Waals surface area contributed by atoms with Gasteiger partial charge in [0.1, 0.15) is 0 Å². The molecule has 0 fully saturated rings. The number of carboxylic acids is 1. The van der Waals surface area contributed by atoms with Crippen LogP contribution >= 0.6 is 0 Å².